The van der Waals surface area contributed by atoms with Crippen LogP contribution in [0.15, 0.2) is 23.1 Å². The van der Waals surface area contributed by atoms with Gasteiger partial charge in [-0.3, -0.25) is 9.59 Å². The van der Waals surface area contributed by atoms with Crippen LogP contribution >= 0.6 is 0 Å². The van der Waals surface area contributed by atoms with Crippen molar-refractivity contribution in [1.29, 1.82) is 0 Å². The maximum Gasteiger partial charge on any atom is 0.306 e. The van der Waals surface area contributed by atoms with Crippen molar-refractivity contribution in [2.45, 2.75) is 43.5 Å². The number of benzene rings is 1. The summed E-state index contributed by atoms with van der Waals surface area (Å²) in [7, 11) is -0.510. The number of hydrogen-bond donors (Lipinski definition) is 1. The number of carbonyl (C=O) groups excluding carboxylic acids is 1. The Kier molecular flexibility index (Phi) is 5.58. The van der Waals surface area contributed by atoms with E-state index in [1.54, 1.807) is 17.0 Å². The monoisotopic (exact) mass is 394 g/mol. The van der Waals surface area contributed by atoms with Crippen LogP contribution in [0.4, 0.5) is 0 Å². The summed E-state index contributed by atoms with van der Waals surface area (Å²) in [6, 6.07) is 5.19. The second-order valence-corrected chi connectivity index (χ2v) is 9.71. The molecule has 1 aromatic carbocycles. The molecule has 1 heterocycles. The molecule has 2 atom stereocenters. The van der Waals surface area contributed by atoms with Gasteiger partial charge in [0.05, 0.1) is 10.8 Å². The van der Waals surface area contributed by atoms with Crippen LogP contribution in [0, 0.1) is 11.8 Å². The minimum atomic E-state index is -3.53. The van der Waals surface area contributed by atoms with Gasteiger partial charge in [0.25, 0.3) is 0 Å². The van der Waals surface area contributed by atoms with Gasteiger partial charge in [-0.05, 0) is 42.9 Å². The first-order valence-electron chi connectivity index (χ1n) is 9.26. The number of sulfonamides is 1. The summed E-state index contributed by atoms with van der Waals surface area (Å²) in [4.78, 5) is 26.3. The molecule has 2 unspecified atom stereocenters. The summed E-state index contributed by atoms with van der Waals surface area (Å²) in [6.45, 7) is 0.833. The highest BCUT2D eigenvalue weighted by molar-refractivity contribution is 7.89. The zero-order chi connectivity index (χ0) is 19.8. The minimum Gasteiger partial charge on any atom is -0.481 e. The molecule has 0 spiro atoms. The van der Waals surface area contributed by atoms with Crippen molar-refractivity contribution in [2.75, 3.05) is 20.6 Å². The van der Waals surface area contributed by atoms with Crippen molar-refractivity contribution in [2.24, 2.45) is 11.8 Å². The molecule has 0 saturated heterocycles. The fraction of sp³-hybridized carbons (Fsp3) is 0.579. The maximum absolute atomic E-state index is 12.9. The Bertz CT molecular complexity index is 850. The molecule has 8 heteroatoms. The maximum atomic E-state index is 12.9. The van der Waals surface area contributed by atoms with Crippen LogP contribution in [-0.2, 0) is 32.6 Å². The first kappa shape index (κ1) is 19.8. The lowest BCUT2D eigenvalue weighted by Gasteiger charge is -2.35. The van der Waals surface area contributed by atoms with E-state index in [-0.39, 0.29) is 11.8 Å². The highest BCUT2D eigenvalue weighted by Crippen LogP contribution is 2.33. The Labute approximate surface area is 160 Å². The van der Waals surface area contributed by atoms with E-state index in [1.165, 1.54) is 18.4 Å². The van der Waals surface area contributed by atoms with Crippen LogP contribution < -0.4 is 0 Å². The van der Waals surface area contributed by atoms with Gasteiger partial charge in [0, 0.05) is 33.1 Å². The molecule has 1 aliphatic carbocycles. The van der Waals surface area contributed by atoms with E-state index in [0.717, 1.165) is 24.0 Å². The number of aliphatic carboxylic acids is 1. The summed E-state index contributed by atoms with van der Waals surface area (Å²) >= 11 is 0. The Morgan fingerprint density at radius 3 is 2.56 bits per heavy atom. The van der Waals surface area contributed by atoms with Gasteiger partial charge in [-0.2, -0.15) is 0 Å². The molecule has 0 radical (unpaired) electrons. The second kappa shape index (κ2) is 7.59. The van der Waals surface area contributed by atoms with Crippen molar-refractivity contribution in [3.8, 4) is 0 Å². The average molecular weight is 394 g/mol. The second-order valence-electron chi connectivity index (χ2n) is 7.59. The number of amides is 1. The van der Waals surface area contributed by atoms with Crippen LogP contribution in [0.5, 0.6) is 0 Å². The zero-order valence-electron chi connectivity index (χ0n) is 15.7. The standard InChI is InChI=1S/C19H26N2O5S/c1-20(2)27(25,26)17-8-4-7-15-12-21(10-9-16(15)17)18(22)13-5-3-6-14(11-13)19(23)24/h4,7-8,13-14H,3,5-6,9-12H2,1-2H3,(H,23,24). The van der Waals surface area contributed by atoms with Crippen LogP contribution in [-0.4, -0.2) is 55.2 Å². The molecular weight excluding hydrogens is 368 g/mol. The third-order valence-corrected chi connectivity index (χ3v) is 7.57. The SMILES string of the molecule is CN(C)S(=O)(=O)c1cccc2c1CCN(C(=O)C1CCCC(C(=O)O)C1)C2. The molecule has 27 heavy (non-hydrogen) atoms. The number of nitrogens with zero attached hydrogens (tertiary/aromatic N) is 2. The fourth-order valence-electron chi connectivity index (χ4n) is 4.10. The zero-order valence-corrected chi connectivity index (χ0v) is 16.5. The van der Waals surface area contributed by atoms with Gasteiger partial charge in [-0.25, -0.2) is 12.7 Å². The largest absolute Gasteiger partial charge is 0.481 e. The molecule has 1 fully saturated rings. The number of hydrogen-bond acceptors (Lipinski definition) is 4. The quantitative estimate of drug-likeness (QED) is 0.839. The van der Waals surface area contributed by atoms with Gasteiger partial charge in [0.1, 0.15) is 0 Å². The van der Waals surface area contributed by atoms with Crippen LogP contribution in [0.2, 0.25) is 0 Å². The molecule has 7 nitrogen and oxygen atoms in total. The number of carboxylic acids is 1. The first-order valence-corrected chi connectivity index (χ1v) is 10.7. The lowest BCUT2D eigenvalue weighted by molar-refractivity contribution is -0.145. The molecule has 2 aliphatic rings. The number of carbonyl (C=O) groups is 2. The van der Waals surface area contributed by atoms with Crippen LogP contribution in [0.1, 0.15) is 36.8 Å². The first-order chi connectivity index (χ1) is 12.7. The van der Waals surface area contributed by atoms with Crippen molar-refractivity contribution in [3.63, 3.8) is 0 Å². The molecule has 148 valence electrons. The normalized spacial score (nSPS) is 23.1. The van der Waals surface area contributed by atoms with E-state index in [4.69, 9.17) is 0 Å². The van der Waals surface area contributed by atoms with Crippen molar-refractivity contribution < 1.29 is 23.1 Å². The topological polar surface area (TPSA) is 95.0 Å². The molecule has 1 amide bonds. The van der Waals surface area contributed by atoms with Crippen molar-refractivity contribution >= 4 is 21.9 Å². The van der Waals surface area contributed by atoms with E-state index in [2.05, 4.69) is 0 Å². The minimum absolute atomic E-state index is 0.00697. The van der Waals surface area contributed by atoms with E-state index >= 15 is 0 Å². The fourth-order valence-corrected chi connectivity index (χ4v) is 5.29. The van der Waals surface area contributed by atoms with E-state index in [9.17, 15) is 23.1 Å². The van der Waals surface area contributed by atoms with E-state index in [1.807, 2.05) is 6.07 Å². The predicted octanol–water partition coefficient (Wildman–Crippen LogP) is 1.71. The third kappa shape index (κ3) is 3.87. The molecular formula is C19H26N2O5S. The lowest BCUT2D eigenvalue weighted by atomic mass is 9.80. The van der Waals surface area contributed by atoms with Gasteiger partial charge in [-0.15, -0.1) is 0 Å². The van der Waals surface area contributed by atoms with Crippen LogP contribution in [0.3, 0.4) is 0 Å². The van der Waals surface area contributed by atoms with Gasteiger partial charge in [-0.1, -0.05) is 18.6 Å². The Balaban J connectivity index is 1.79. The van der Waals surface area contributed by atoms with Gasteiger partial charge in [0.2, 0.25) is 15.9 Å². The Hall–Kier alpha value is -1.93. The predicted molar refractivity (Wildman–Crippen MR) is 99.5 cm³/mol. The summed E-state index contributed by atoms with van der Waals surface area (Å²) in [5.41, 5.74) is 1.63. The van der Waals surface area contributed by atoms with Gasteiger partial charge < -0.3 is 10.0 Å². The number of fused-ring (bicyclic) bond motifs is 1. The molecule has 0 aromatic heterocycles. The molecule has 1 saturated carbocycles. The highest BCUT2D eigenvalue weighted by atomic mass is 32.2. The molecule has 3 rings (SSSR count). The van der Waals surface area contributed by atoms with E-state index in [0.29, 0.717) is 37.2 Å². The molecule has 1 aliphatic heterocycles. The average Bonchev–Trinajstić information content (AvgIpc) is 2.66. The van der Waals surface area contributed by atoms with Crippen molar-refractivity contribution in [1.82, 2.24) is 9.21 Å². The van der Waals surface area contributed by atoms with Crippen LogP contribution in [0.25, 0.3) is 0 Å². The summed E-state index contributed by atoms with van der Waals surface area (Å²) < 4.78 is 26.3. The molecule has 1 aromatic rings. The Morgan fingerprint density at radius 1 is 1.19 bits per heavy atom. The lowest BCUT2D eigenvalue weighted by Crippen LogP contribution is -2.42. The third-order valence-electron chi connectivity index (χ3n) is 5.67. The van der Waals surface area contributed by atoms with Gasteiger partial charge >= 0.3 is 5.97 Å². The molecule has 1 N–H and O–H groups in total. The number of carboxylic acid groups (broad SMARTS) is 1. The van der Waals surface area contributed by atoms with E-state index < -0.39 is 21.9 Å². The van der Waals surface area contributed by atoms with Gasteiger partial charge in [0.15, 0.2) is 0 Å². The summed E-state index contributed by atoms with van der Waals surface area (Å²) in [5.74, 6) is -1.53. The molecule has 0 bridgehead atoms. The summed E-state index contributed by atoms with van der Waals surface area (Å²) in [6.07, 6.45) is 2.99. The van der Waals surface area contributed by atoms with Crippen molar-refractivity contribution in [3.05, 3.63) is 29.3 Å². The Morgan fingerprint density at radius 2 is 1.89 bits per heavy atom. The highest BCUT2D eigenvalue weighted by Gasteiger charge is 2.35. The summed E-state index contributed by atoms with van der Waals surface area (Å²) in [5, 5.41) is 9.24. The smallest absolute Gasteiger partial charge is 0.306 e. The number of rotatable bonds is 4.